The molecule has 1 amide bonds. The van der Waals surface area contributed by atoms with Gasteiger partial charge in [-0.3, -0.25) is 9.79 Å². The smallest absolute Gasteiger partial charge is 0.227 e. The number of rotatable bonds is 4. The van der Waals surface area contributed by atoms with Gasteiger partial charge < -0.3 is 15.1 Å². The van der Waals surface area contributed by atoms with E-state index in [1.54, 1.807) is 0 Å². The minimum atomic E-state index is 0.224. The van der Waals surface area contributed by atoms with Gasteiger partial charge >= 0.3 is 0 Å². The quantitative estimate of drug-likeness (QED) is 0.500. The van der Waals surface area contributed by atoms with E-state index in [1.165, 1.54) is 5.56 Å². The minimum absolute atomic E-state index is 0.224. The van der Waals surface area contributed by atoms with Gasteiger partial charge in [0.05, 0.1) is 0 Å². The van der Waals surface area contributed by atoms with Gasteiger partial charge in [0.25, 0.3) is 0 Å². The molecule has 0 atom stereocenters. The molecule has 0 bridgehead atoms. The Labute approximate surface area is 161 Å². The van der Waals surface area contributed by atoms with Gasteiger partial charge in [-0.05, 0) is 38.3 Å². The van der Waals surface area contributed by atoms with E-state index in [0.717, 1.165) is 56.4 Å². The molecular formula is C20H30N4OS. The van der Waals surface area contributed by atoms with Crippen LogP contribution in [0, 0.1) is 0 Å². The van der Waals surface area contributed by atoms with E-state index in [2.05, 4.69) is 41.2 Å². The van der Waals surface area contributed by atoms with Crippen LogP contribution >= 0.6 is 11.8 Å². The Bertz CT molecular complexity index is 674. The molecule has 2 heterocycles. The van der Waals surface area contributed by atoms with Crippen LogP contribution in [-0.2, 0) is 11.2 Å². The third-order valence-corrected chi connectivity index (χ3v) is 6.27. The molecule has 1 saturated heterocycles. The molecular weight excluding hydrogens is 344 g/mol. The molecule has 3 rings (SSSR count). The lowest BCUT2D eigenvalue weighted by atomic mass is 10.2. The molecule has 1 N–H and O–H groups in total. The molecule has 0 spiro atoms. The standard InChI is InChI=1S/C20H30N4OS/c1-20(2)15-23(13-14-26-20)19(21-3)22-11-6-9-18(25)24-12-10-16-7-4-5-8-17(16)24/h4-5,7-8H,6,9-15H2,1-3H3,(H,21,22). The number of nitrogens with zero attached hydrogens (tertiary/aromatic N) is 3. The Morgan fingerprint density at radius 2 is 2.12 bits per heavy atom. The molecule has 1 aromatic carbocycles. The second kappa shape index (κ2) is 8.33. The number of thioether (sulfide) groups is 1. The van der Waals surface area contributed by atoms with Crippen molar-refractivity contribution in [1.82, 2.24) is 10.2 Å². The third kappa shape index (κ3) is 4.53. The fourth-order valence-electron chi connectivity index (χ4n) is 3.70. The van der Waals surface area contributed by atoms with Crippen molar-refractivity contribution in [3.8, 4) is 0 Å². The van der Waals surface area contributed by atoms with Crippen LogP contribution in [-0.4, -0.2) is 60.5 Å². The van der Waals surface area contributed by atoms with E-state index >= 15 is 0 Å². The first-order valence-corrected chi connectivity index (χ1v) is 10.5. The van der Waals surface area contributed by atoms with Crippen molar-refractivity contribution < 1.29 is 4.79 Å². The fraction of sp³-hybridized carbons (Fsp3) is 0.600. The van der Waals surface area contributed by atoms with Gasteiger partial charge in [0.2, 0.25) is 5.91 Å². The van der Waals surface area contributed by atoms with E-state index in [4.69, 9.17) is 0 Å². The highest BCUT2D eigenvalue weighted by molar-refractivity contribution is 8.00. The number of amides is 1. The van der Waals surface area contributed by atoms with Gasteiger partial charge in [0, 0.05) is 55.8 Å². The number of anilines is 1. The maximum absolute atomic E-state index is 12.6. The van der Waals surface area contributed by atoms with Crippen molar-refractivity contribution in [2.75, 3.05) is 43.9 Å². The monoisotopic (exact) mass is 374 g/mol. The Morgan fingerprint density at radius 3 is 2.88 bits per heavy atom. The molecule has 1 aromatic rings. The van der Waals surface area contributed by atoms with E-state index in [1.807, 2.05) is 35.8 Å². The maximum Gasteiger partial charge on any atom is 0.227 e. The van der Waals surface area contributed by atoms with Gasteiger partial charge in [-0.15, -0.1) is 0 Å². The van der Waals surface area contributed by atoms with Crippen LogP contribution in [0.25, 0.3) is 0 Å². The first kappa shape index (κ1) is 19.1. The highest BCUT2D eigenvalue weighted by atomic mass is 32.2. The number of hydrogen-bond donors (Lipinski definition) is 1. The average molecular weight is 375 g/mol. The number of para-hydroxylation sites is 1. The summed E-state index contributed by atoms with van der Waals surface area (Å²) < 4.78 is 0.259. The lowest BCUT2D eigenvalue weighted by molar-refractivity contribution is -0.118. The number of carbonyl (C=O) groups is 1. The topological polar surface area (TPSA) is 47.9 Å². The number of benzene rings is 1. The lowest BCUT2D eigenvalue weighted by Gasteiger charge is -2.39. The average Bonchev–Trinajstić information content (AvgIpc) is 3.05. The molecule has 2 aliphatic heterocycles. The second-order valence-electron chi connectivity index (χ2n) is 7.53. The Morgan fingerprint density at radius 1 is 1.31 bits per heavy atom. The summed E-state index contributed by atoms with van der Waals surface area (Å²) in [7, 11) is 1.84. The van der Waals surface area contributed by atoms with Crippen LogP contribution in [0.5, 0.6) is 0 Å². The van der Waals surface area contributed by atoms with Gasteiger partial charge in [0.15, 0.2) is 5.96 Å². The molecule has 26 heavy (non-hydrogen) atoms. The Hall–Kier alpha value is -1.69. The minimum Gasteiger partial charge on any atom is -0.356 e. The molecule has 0 aliphatic carbocycles. The number of fused-ring (bicyclic) bond motifs is 1. The molecule has 142 valence electrons. The number of nitrogens with one attached hydrogen (secondary N) is 1. The van der Waals surface area contributed by atoms with E-state index < -0.39 is 0 Å². The highest BCUT2D eigenvalue weighted by Gasteiger charge is 2.28. The molecule has 0 unspecified atom stereocenters. The molecule has 0 aromatic heterocycles. The van der Waals surface area contributed by atoms with Gasteiger partial charge in [-0.25, -0.2) is 0 Å². The van der Waals surface area contributed by atoms with Crippen molar-refractivity contribution in [1.29, 1.82) is 0 Å². The first-order chi connectivity index (χ1) is 12.5. The number of aliphatic imine (C=N–C) groups is 1. The summed E-state index contributed by atoms with van der Waals surface area (Å²) in [5.41, 5.74) is 2.37. The van der Waals surface area contributed by atoms with Crippen molar-refractivity contribution >= 4 is 29.3 Å². The van der Waals surface area contributed by atoms with Crippen molar-refractivity contribution in [3.05, 3.63) is 29.8 Å². The SMILES string of the molecule is CN=C(NCCCC(=O)N1CCc2ccccc21)N1CCSC(C)(C)C1. The zero-order chi connectivity index (χ0) is 18.6. The van der Waals surface area contributed by atoms with Crippen LogP contribution in [0.4, 0.5) is 5.69 Å². The summed E-state index contributed by atoms with van der Waals surface area (Å²) in [6.07, 6.45) is 2.36. The van der Waals surface area contributed by atoms with Crippen molar-refractivity contribution in [3.63, 3.8) is 0 Å². The van der Waals surface area contributed by atoms with Gasteiger partial charge in [-0.1, -0.05) is 18.2 Å². The van der Waals surface area contributed by atoms with E-state index in [9.17, 15) is 4.79 Å². The molecule has 5 nitrogen and oxygen atoms in total. The Balaban J connectivity index is 1.44. The molecule has 6 heteroatoms. The Kier molecular flexibility index (Phi) is 6.12. The number of guanidine groups is 1. The lowest BCUT2D eigenvalue weighted by Crippen LogP contribution is -2.51. The molecule has 0 radical (unpaired) electrons. The van der Waals surface area contributed by atoms with E-state index in [0.29, 0.717) is 6.42 Å². The highest BCUT2D eigenvalue weighted by Crippen LogP contribution is 2.29. The zero-order valence-electron chi connectivity index (χ0n) is 16.1. The molecule has 2 aliphatic rings. The van der Waals surface area contributed by atoms with Gasteiger partial charge in [-0.2, -0.15) is 11.8 Å². The van der Waals surface area contributed by atoms with Crippen LogP contribution in [0.15, 0.2) is 29.3 Å². The number of hydrogen-bond acceptors (Lipinski definition) is 3. The van der Waals surface area contributed by atoms with Crippen LogP contribution < -0.4 is 10.2 Å². The first-order valence-electron chi connectivity index (χ1n) is 9.48. The summed E-state index contributed by atoms with van der Waals surface area (Å²) in [5, 5.41) is 3.44. The summed E-state index contributed by atoms with van der Waals surface area (Å²) in [4.78, 5) is 21.3. The van der Waals surface area contributed by atoms with E-state index in [-0.39, 0.29) is 10.7 Å². The van der Waals surface area contributed by atoms with Crippen molar-refractivity contribution in [2.24, 2.45) is 4.99 Å². The normalized spacial score (nSPS) is 19.4. The molecule has 0 saturated carbocycles. The predicted molar refractivity (Wildman–Crippen MR) is 111 cm³/mol. The van der Waals surface area contributed by atoms with Crippen LogP contribution in [0.3, 0.4) is 0 Å². The fourth-order valence-corrected chi connectivity index (χ4v) is 4.81. The summed E-state index contributed by atoms with van der Waals surface area (Å²) in [6.45, 7) is 8.18. The summed E-state index contributed by atoms with van der Waals surface area (Å²) in [5.74, 6) is 2.31. The van der Waals surface area contributed by atoms with Gasteiger partial charge in [0.1, 0.15) is 0 Å². The second-order valence-corrected chi connectivity index (χ2v) is 9.33. The maximum atomic E-state index is 12.6. The zero-order valence-corrected chi connectivity index (χ0v) is 16.9. The summed E-state index contributed by atoms with van der Waals surface area (Å²) >= 11 is 2.02. The van der Waals surface area contributed by atoms with Crippen LogP contribution in [0.2, 0.25) is 0 Å². The number of carbonyl (C=O) groups excluding carboxylic acids is 1. The summed E-state index contributed by atoms with van der Waals surface area (Å²) in [6, 6.07) is 8.22. The predicted octanol–water partition coefficient (Wildman–Crippen LogP) is 2.76. The molecule has 1 fully saturated rings. The van der Waals surface area contributed by atoms with Crippen molar-refractivity contribution in [2.45, 2.75) is 37.9 Å². The third-order valence-electron chi connectivity index (χ3n) is 4.98. The largest absolute Gasteiger partial charge is 0.356 e. The van der Waals surface area contributed by atoms with Crippen LogP contribution in [0.1, 0.15) is 32.3 Å².